The van der Waals surface area contributed by atoms with Crippen LogP contribution in [0.4, 0.5) is 17.1 Å². The first-order valence-electron chi connectivity index (χ1n) is 18.8. The average molecular weight is 703 g/mol. The molecule has 11 rings (SSSR count). The van der Waals surface area contributed by atoms with Gasteiger partial charge in [-0.05, 0) is 107 Å². The van der Waals surface area contributed by atoms with E-state index in [1.807, 2.05) is 12.1 Å². The fourth-order valence-corrected chi connectivity index (χ4v) is 8.44. The van der Waals surface area contributed by atoms with E-state index in [1.54, 1.807) is 0 Å². The van der Waals surface area contributed by atoms with Crippen LogP contribution >= 0.6 is 0 Å². The second-order valence-corrected chi connectivity index (χ2v) is 14.1. The van der Waals surface area contributed by atoms with E-state index in [1.165, 1.54) is 43.7 Å². The van der Waals surface area contributed by atoms with Crippen LogP contribution in [0.2, 0.25) is 0 Å². The summed E-state index contributed by atoms with van der Waals surface area (Å²) >= 11 is 0. The fraction of sp³-hybridized carbons (Fsp3) is 0. The molecule has 0 amide bonds. The molecule has 9 aromatic carbocycles. The van der Waals surface area contributed by atoms with Gasteiger partial charge in [-0.1, -0.05) is 127 Å². The molecular formula is C52H34N2O. The summed E-state index contributed by atoms with van der Waals surface area (Å²) in [5.41, 5.74) is 13.5. The molecular weight excluding hydrogens is 669 g/mol. The van der Waals surface area contributed by atoms with Crippen molar-refractivity contribution in [3.05, 3.63) is 206 Å². The van der Waals surface area contributed by atoms with Crippen molar-refractivity contribution in [2.45, 2.75) is 0 Å². The minimum Gasteiger partial charge on any atom is -0.456 e. The van der Waals surface area contributed by atoms with Crippen LogP contribution in [-0.2, 0) is 0 Å². The minimum atomic E-state index is 0.908. The van der Waals surface area contributed by atoms with Gasteiger partial charge in [0.25, 0.3) is 0 Å². The topological polar surface area (TPSA) is 21.3 Å². The molecule has 0 aliphatic rings. The second kappa shape index (κ2) is 12.6. The van der Waals surface area contributed by atoms with Gasteiger partial charge in [-0.2, -0.15) is 0 Å². The number of fused-ring (bicyclic) bond motifs is 7. The summed E-state index contributed by atoms with van der Waals surface area (Å²) in [5.74, 6) is 0. The van der Waals surface area contributed by atoms with E-state index in [2.05, 4.69) is 204 Å². The van der Waals surface area contributed by atoms with Crippen molar-refractivity contribution < 1.29 is 4.42 Å². The third-order valence-corrected chi connectivity index (χ3v) is 11.0. The molecule has 0 bridgehead atoms. The summed E-state index contributed by atoms with van der Waals surface area (Å²) < 4.78 is 8.48. The highest BCUT2D eigenvalue weighted by molar-refractivity contribution is 6.13. The lowest BCUT2D eigenvalue weighted by Gasteiger charge is -2.27. The highest BCUT2D eigenvalue weighted by Gasteiger charge is 2.19. The highest BCUT2D eigenvalue weighted by Crippen LogP contribution is 2.44. The molecule has 3 heteroatoms. The molecule has 0 fully saturated rings. The van der Waals surface area contributed by atoms with Crippen LogP contribution in [0.15, 0.2) is 211 Å². The molecule has 0 atom stereocenters. The normalized spacial score (nSPS) is 11.6. The van der Waals surface area contributed by atoms with Gasteiger partial charge in [0.15, 0.2) is 0 Å². The van der Waals surface area contributed by atoms with Crippen molar-refractivity contribution in [3.63, 3.8) is 0 Å². The Morgan fingerprint density at radius 2 is 0.927 bits per heavy atom. The Morgan fingerprint density at radius 3 is 1.75 bits per heavy atom. The third kappa shape index (κ3) is 5.13. The number of para-hydroxylation sites is 4. The van der Waals surface area contributed by atoms with Crippen LogP contribution in [0, 0.1) is 0 Å². The number of anilines is 3. The number of hydrogen-bond donors (Lipinski definition) is 0. The van der Waals surface area contributed by atoms with Gasteiger partial charge in [0.1, 0.15) is 11.2 Å². The van der Waals surface area contributed by atoms with Crippen LogP contribution in [0.5, 0.6) is 0 Å². The summed E-state index contributed by atoms with van der Waals surface area (Å²) in [4.78, 5) is 2.37. The van der Waals surface area contributed by atoms with Gasteiger partial charge in [0, 0.05) is 44.0 Å². The highest BCUT2D eigenvalue weighted by atomic mass is 16.3. The Labute approximate surface area is 318 Å². The van der Waals surface area contributed by atoms with E-state index in [0.717, 1.165) is 55.8 Å². The standard InChI is InChI=1S/C52H34N2O/c1-3-13-38(14-4-1)53(40-27-23-35(24-28-40)36-26-32-52-47(33-36)45-20-10-12-22-51(45)55-52)49-31-29-41(42-17-7-8-18-43(42)49)37-25-30-50-46(34-37)44-19-9-11-21-48(44)54(50)39-15-5-2-6-16-39/h1-34H. The maximum atomic E-state index is 6.11. The maximum absolute atomic E-state index is 6.11. The monoisotopic (exact) mass is 702 g/mol. The molecule has 0 radical (unpaired) electrons. The molecule has 0 aliphatic carbocycles. The Kier molecular flexibility index (Phi) is 7.17. The van der Waals surface area contributed by atoms with Crippen LogP contribution < -0.4 is 4.90 Å². The molecule has 0 spiro atoms. The van der Waals surface area contributed by atoms with Crippen LogP contribution in [0.25, 0.3) is 82.5 Å². The summed E-state index contributed by atoms with van der Waals surface area (Å²) in [6, 6.07) is 74.0. The van der Waals surface area contributed by atoms with E-state index in [4.69, 9.17) is 4.42 Å². The van der Waals surface area contributed by atoms with Gasteiger partial charge in [0.05, 0.1) is 16.7 Å². The lowest BCUT2D eigenvalue weighted by molar-refractivity contribution is 0.669. The zero-order valence-electron chi connectivity index (χ0n) is 29.9. The summed E-state index contributed by atoms with van der Waals surface area (Å²) in [5, 5.41) is 7.18. The van der Waals surface area contributed by atoms with Gasteiger partial charge in [-0.3, -0.25) is 0 Å². The van der Waals surface area contributed by atoms with Crippen molar-refractivity contribution in [2.24, 2.45) is 0 Å². The maximum Gasteiger partial charge on any atom is 0.135 e. The SMILES string of the molecule is c1ccc(N(c2ccc(-c3ccc4oc5ccccc5c4c3)cc2)c2ccc(-c3ccc4c(c3)c3ccccc3n4-c3ccccc3)c3ccccc23)cc1. The molecule has 0 unspecified atom stereocenters. The Morgan fingerprint density at radius 1 is 0.345 bits per heavy atom. The van der Waals surface area contributed by atoms with Crippen molar-refractivity contribution in [2.75, 3.05) is 4.90 Å². The number of benzene rings is 9. The minimum absolute atomic E-state index is 0.908. The number of hydrogen-bond acceptors (Lipinski definition) is 2. The smallest absolute Gasteiger partial charge is 0.135 e. The Hall–Kier alpha value is -7.36. The van der Waals surface area contributed by atoms with Crippen LogP contribution in [0.3, 0.4) is 0 Å². The summed E-state index contributed by atoms with van der Waals surface area (Å²) in [6.07, 6.45) is 0. The predicted molar refractivity (Wildman–Crippen MR) is 231 cm³/mol. The first-order chi connectivity index (χ1) is 27.3. The molecule has 0 saturated heterocycles. The van der Waals surface area contributed by atoms with Crippen molar-refractivity contribution in [3.8, 4) is 27.9 Å². The van der Waals surface area contributed by atoms with Gasteiger partial charge >= 0.3 is 0 Å². The Balaban J connectivity index is 1.03. The average Bonchev–Trinajstić information content (AvgIpc) is 3.80. The van der Waals surface area contributed by atoms with Crippen molar-refractivity contribution in [1.29, 1.82) is 0 Å². The van der Waals surface area contributed by atoms with Crippen LogP contribution in [-0.4, -0.2) is 4.57 Å². The largest absolute Gasteiger partial charge is 0.456 e. The zero-order valence-corrected chi connectivity index (χ0v) is 29.9. The van der Waals surface area contributed by atoms with Gasteiger partial charge < -0.3 is 13.9 Å². The van der Waals surface area contributed by atoms with Crippen LogP contribution in [0.1, 0.15) is 0 Å². The van der Waals surface area contributed by atoms with Gasteiger partial charge in [-0.15, -0.1) is 0 Å². The number of furan rings is 1. The molecule has 55 heavy (non-hydrogen) atoms. The second-order valence-electron chi connectivity index (χ2n) is 14.1. The number of aromatic nitrogens is 1. The predicted octanol–water partition coefficient (Wildman–Crippen LogP) is 14.6. The fourth-order valence-electron chi connectivity index (χ4n) is 8.44. The number of nitrogens with zero attached hydrogens (tertiary/aromatic N) is 2. The molecule has 258 valence electrons. The molecule has 2 heterocycles. The van der Waals surface area contributed by atoms with Gasteiger partial charge in [0.2, 0.25) is 0 Å². The van der Waals surface area contributed by atoms with Gasteiger partial charge in [-0.25, -0.2) is 0 Å². The molecule has 0 saturated carbocycles. The summed E-state index contributed by atoms with van der Waals surface area (Å²) in [6.45, 7) is 0. The molecule has 2 aromatic heterocycles. The van der Waals surface area contributed by atoms with E-state index >= 15 is 0 Å². The lowest BCUT2D eigenvalue weighted by Crippen LogP contribution is -2.10. The molecule has 11 aromatic rings. The molecule has 0 aliphatic heterocycles. The first kappa shape index (κ1) is 31.2. The third-order valence-electron chi connectivity index (χ3n) is 11.0. The first-order valence-corrected chi connectivity index (χ1v) is 18.8. The van der Waals surface area contributed by atoms with E-state index in [0.29, 0.717) is 0 Å². The zero-order chi connectivity index (χ0) is 36.3. The van der Waals surface area contributed by atoms with E-state index in [9.17, 15) is 0 Å². The van der Waals surface area contributed by atoms with Crippen molar-refractivity contribution >= 4 is 71.6 Å². The van der Waals surface area contributed by atoms with E-state index < -0.39 is 0 Å². The lowest BCUT2D eigenvalue weighted by atomic mass is 9.95. The molecule has 0 N–H and O–H groups in total. The molecule has 3 nitrogen and oxygen atoms in total. The van der Waals surface area contributed by atoms with E-state index in [-0.39, 0.29) is 0 Å². The van der Waals surface area contributed by atoms with Crippen molar-refractivity contribution in [1.82, 2.24) is 4.57 Å². The quantitative estimate of drug-likeness (QED) is 0.172. The number of rotatable bonds is 6. The Bertz CT molecular complexity index is 3190. The summed E-state index contributed by atoms with van der Waals surface area (Å²) in [7, 11) is 0.